The molecule has 1 aromatic rings. The van der Waals surface area contributed by atoms with Crippen molar-refractivity contribution in [3.05, 3.63) is 18.0 Å². The van der Waals surface area contributed by atoms with E-state index in [1.54, 1.807) is 0 Å². The fraction of sp³-hybridized carbons (Fsp3) is 0.636. The molecule has 5 nitrogen and oxygen atoms in total. The first kappa shape index (κ1) is 13.9. The molecule has 2 rings (SSSR count). The number of nitrogens with zero attached hydrogens (tertiary/aromatic N) is 2. The lowest BCUT2D eigenvalue weighted by molar-refractivity contribution is -0.145. The molecule has 0 aromatic carbocycles. The van der Waals surface area contributed by atoms with Crippen molar-refractivity contribution >= 4 is 5.97 Å². The Morgan fingerprint density at radius 3 is 2.79 bits per heavy atom. The molecule has 1 heterocycles. The Labute approximate surface area is 107 Å². The summed E-state index contributed by atoms with van der Waals surface area (Å²) in [5.74, 6) is -1.12. The van der Waals surface area contributed by atoms with Gasteiger partial charge in [-0.3, -0.25) is 9.48 Å². The topological polar surface area (TPSA) is 81.1 Å². The summed E-state index contributed by atoms with van der Waals surface area (Å²) in [6.45, 7) is 0. The van der Waals surface area contributed by atoms with E-state index in [4.69, 9.17) is 10.8 Å². The molecule has 1 aliphatic carbocycles. The van der Waals surface area contributed by atoms with Gasteiger partial charge in [0, 0.05) is 6.20 Å². The largest absolute Gasteiger partial charge is 0.480 e. The fourth-order valence-electron chi connectivity index (χ4n) is 2.38. The molecule has 0 radical (unpaired) electrons. The van der Waals surface area contributed by atoms with Crippen molar-refractivity contribution in [2.24, 2.45) is 5.73 Å². The van der Waals surface area contributed by atoms with Gasteiger partial charge in [0.2, 0.25) is 0 Å². The van der Waals surface area contributed by atoms with Crippen LogP contribution in [0.25, 0.3) is 0 Å². The summed E-state index contributed by atoms with van der Waals surface area (Å²) in [4.78, 5) is 11.1. The van der Waals surface area contributed by atoms with Gasteiger partial charge in [-0.1, -0.05) is 0 Å². The van der Waals surface area contributed by atoms with Crippen LogP contribution >= 0.6 is 0 Å². The predicted molar refractivity (Wildman–Crippen MR) is 59.3 cm³/mol. The van der Waals surface area contributed by atoms with Gasteiger partial charge in [-0.15, -0.1) is 0 Å². The van der Waals surface area contributed by atoms with Crippen LogP contribution in [-0.2, 0) is 11.0 Å². The van der Waals surface area contributed by atoms with Crippen molar-refractivity contribution in [3.8, 4) is 0 Å². The molecule has 3 N–H and O–H groups in total. The summed E-state index contributed by atoms with van der Waals surface area (Å²) in [5.41, 5.74) is 3.54. The number of nitrogens with two attached hydrogens (primary N) is 1. The summed E-state index contributed by atoms with van der Waals surface area (Å²) in [6, 6.07) is -0.411. The Bertz CT molecular complexity index is 486. The standard InChI is InChI=1S/C11H14F3N3O2/c12-11(13,14)7-5-16-17(6-7)8-2-1-3-10(15,4-8)9(18)19/h5-6,8H,1-4,15H2,(H,18,19). The molecule has 0 aliphatic heterocycles. The SMILES string of the molecule is NC1(C(=O)O)CCCC(n2cc(C(F)(F)F)cn2)C1. The Kier molecular flexibility index (Phi) is 3.29. The van der Waals surface area contributed by atoms with E-state index in [1.807, 2.05) is 0 Å². The number of hydrogen-bond acceptors (Lipinski definition) is 3. The molecule has 2 unspecified atom stereocenters. The second kappa shape index (κ2) is 4.52. The number of carboxylic acid groups (broad SMARTS) is 1. The van der Waals surface area contributed by atoms with Crippen molar-refractivity contribution in [1.29, 1.82) is 0 Å². The van der Waals surface area contributed by atoms with Gasteiger partial charge in [-0.2, -0.15) is 18.3 Å². The average Bonchev–Trinajstić information content (AvgIpc) is 2.77. The quantitative estimate of drug-likeness (QED) is 0.863. The van der Waals surface area contributed by atoms with Crippen LogP contribution in [0.3, 0.4) is 0 Å². The van der Waals surface area contributed by atoms with Crippen LogP contribution in [0.4, 0.5) is 13.2 Å². The highest BCUT2D eigenvalue weighted by molar-refractivity contribution is 5.78. The lowest BCUT2D eigenvalue weighted by atomic mass is 9.80. The Morgan fingerprint density at radius 1 is 1.58 bits per heavy atom. The zero-order chi connectivity index (χ0) is 14.3. The second-order valence-electron chi connectivity index (χ2n) is 4.92. The lowest BCUT2D eigenvalue weighted by Gasteiger charge is -2.34. The summed E-state index contributed by atoms with van der Waals surface area (Å²) in [6.07, 6.45) is -1.27. The minimum atomic E-state index is -4.44. The maximum atomic E-state index is 12.5. The zero-order valence-corrected chi connectivity index (χ0v) is 10.0. The summed E-state index contributed by atoms with van der Waals surface area (Å²) >= 11 is 0. The molecule has 106 valence electrons. The van der Waals surface area contributed by atoms with Gasteiger partial charge < -0.3 is 10.8 Å². The van der Waals surface area contributed by atoms with E-state index < -0.39 is 29.3 Å². The third-order valence-corrected chi connectivity index (χ3v) is 3.49. The Balaban J connectivity index is 2.18. The van der Waals surface area contributed by atoms with Gasteiger partial charge in [0.15, 0.2) is 0 Å². The van der Waals surface area contributed by atoms with Gasteiger partial charge in [-0.25, -0.2) is 0 Å². The third-order valence-electron chi connectivity index (χ3n) is 3.49. The minimum absolute atomic E-state index is 0.0846. The van der Waals surface area contributed by atoms with Gasteiger partial charge in [-0.05, 0) is 25.7 Å². The highest BCUT2D eigenvalue weighted by Crippen LogP contribution is 2.35. The number of aliphatic carboxylic acids is 1. The van der Waals surface area contributed by atoms with Crippen LogP contribution in [0, 0.1) is 0 Å². The summed E-state index contributed by atoms with van der Waals surface area (Å²) in [5, 5.41) is 12.7. The van der Waals surface area contributed by atoms with Gasteiger partial charge >= 0.3 is 12.1 Å². The number of carboxylic acids is 1. The number of hydrogen-bond donors (Lipinski definition) is 2. The first-order valence-corrected chi connectivity index (χ1v) is 5.86. The molecule has 1 fully saturated rings. The van der Waals surface area contributed by atoms with E-state index in [9.17, 15) is 18.0 Å². The van der Waals surface area contributed by atoms with Crippen molar-refractivity contribution < 1.29 is 23.1 Å². The lowest BCUT2D eigenvalue weighted by Crippen LogP contribution is -2.51. The van der Waals surface area contributed by atoms with E-state index in [-0.39, 0.29) is 6.42 Å². The monoisotopic (exact) mass is 277 g/mol. The normalized spacial score (nSPS) is 28.3. The second-order valence-corrected chi connectivity index (χ2v) is 4.92. The molecule has 2 atom stereocenters. The first-order valence-electron chi connectivity index (χ1n) is 5.86. The average molecular weight is 277 g/mol. The Hall–Kier alpha value is -1.57. The molecule has 0 bridgehead atoms. The van der Waals surface area contributed by atoms with E-state index in [0.29, 0.717) is 19.3 Å². The van der Waals surface area contributed by atoms with Crippen LogP contribution in [0.5, 0.6) is 0 Å². The molecule has 0 spiro atoms. The van der Waals surface area contributed by atoms with Crippen LogP contribution < -0.4 is 5.73 Å². The zero-order valence-electron chi connectivity index (χ0n) is 10.0. The van der Waals surface area contributed by atoms with Gasteiger partial charge in [0.05, 0.1) is 17.8 Å². The fourth-order valence-corrected chi connectivity index (χ4v) is 2.38. The highest BCUT2D eigenvalue weighted by Gasteiger charge is 2.41. The third kappa shape index (κ3) is 2.73. The molecule has 0 saturated heterocycles. The van der Waals surface area contributed by atoms with Crippen LogP contribution in [0.2, 0.25) is 0 Å². The molecular weight excluding hydrogens is 263 g/mol. The van der Waals surface area contributed by atoms with Crippen molar-refractivity contribution in [2.45, 2.75) is 43.4 Å². The van der Waals surface area contributed by atoms with Crippen LogP contribution in [0.15, 0.2) is 12.4 Å². The summed E-state index contributed by atoms with van der Waals surface area (Å²) in [7, 11) is 0. The van der Waals surface area contributed by atoms with E-state index in [0.717, 1.165) is 12.4 Å². The Morgan fingerprint density at radius 2 is 2.26 bits per heavy atom. The predicted octanol–water partition coefficient (Wildman–Crippen LogP) is 1.80. The summed E-state index contributed by atoms with van der Waals surface area (Å²) < 4.78 is 38.6. The molecule has 0 amide bonds. The number of aromatic nitrogens is 2. The smallest absolute Gasteiger partial charge is 0.419 e. The van der Waals surface area contributed by atoms with E-state index >= 15 is 0 Å². The number of rotatable bonds is 2. The number of alkyl halides is 3. The molecule has 8 heteroatoms. The van der Waals surface area contributed by atoms with E-state index in [2.05, 4.69) is 5.10 Å². The highest BCUT2D eigenvalue weighted by atomic mass is 19.4. The molecule has 1 aromatic heterocycles. The first-order chi connectivity index (χ1) is 8.72. The maximum Gasteiger partial charge on any atom is 0.419 e. The van der Waals surface area contributed by atoms with Crippen molar-refractivity contribution in [2.75, 3.05) is 0 Å². The molecule has 19 heavy (non-hydrogen) atoms. The molecule has 1 saturated carbocycles. The van der Waals surface area contributed by atoms with Gasteiger partial charge in [0.25, 0.3) is 0 Å². The minimum Gasteiger partial charge on any atom is -0.480 e. The van der Waals surface area contributed by atoms with Crippen molar-refractivity contribution in [3.63, 3.8) is 0 Å². The van der Waals surface area contributed by atoms with Crippen LogP contribution in [-0.4, -0.2) is 26.4 Å². The van der Waals surface area contributed by atoms with Crippen LogP contribution in [0.1, 0.15) is 37.3 Å². The number of carbonyl (C=O) groups is 1. The molecule has 1 aliphatic rings. The maximum absolute atomic E-state index is 12.5. The number of halogens is 3. The van der Waals surface area contributed by atoms with E-state index in [1.165, 1.54) is 4.68 Å². The van der Waals surface area contributed by atoms with Crippen molar-refractivity contribution in [1.82, 2.24) is 9.78 Å². The molecular formula is C11H14F3N3O2. The van der Waals surface area contributed by atoms with Gasteiger partial charge in [0.1, 0.15) is 5.54 Å².